The number of nitrogens with zero attached hydrogens (tertiary/aromatic N) is 4. The lowest BCUT2D eigenvalue weighted by molar-refractivity contribution is 0.557. The van der Waals surface area contributed by atoms with Gasteiger partial charge in [0, 0.05) is 11.8 Å². The van der Waals surface area contributed by atoms with Crippen LogP contribution >= 0.6 is 0 Å². The lowest BCUT2D eigenvalue weighted by Crippen LogP contribution is -2.10. The Labute approximate surface area is 158 Å². The average Bonchev–Trinajstić information content (AvgIpc) is 3.38. The Bertz CT molecular complexity index is 1030. The Kier molecular flexibility index (Phi) is 4.66. The van der Waals surface area contributed by atoms with Crippen LogP contribution in [0.25, 0.3) is 22.9 Å². The van der Waals surface area contributed by atoms with Crippen LogP contribution in [0.3, 0.4) is 0 Å². The largest absolute Gasteiger partial charge is 0.465 e. The molecule has 27 heavy (non-hydrogen) atoms. The van der Waals surface area contributed by atoms with Crippen LogP contribution < -0.4 is 0 Å². The maximum absolute atomic E-state index is 5.51. The van der Waals surface area contributed by atoms with Gasteiger partial charge >= 0.3 is 0 Å². The number of aromatic nitrogens is 4. The summed E-state index contributed by atoms with van der Waals surface area (Å²) in [4.78, 5) is 13.2. The van der Waals surface area contributed by atoms with E-state index in [1.165, 1.54) is 0 Å². The van der Waals surface area contributed by atoms with Crippen molar-refractivity contribution in [3.63, 3.8) is 0 Å². The first-order chi connectivity index (χ1) is 13.2. The van der Waals surface area contributed by atoms with Crippen LogP contribution in [-0.4, -0.2) is 19.5 Å². The van der Waals surface area contributed by atoms with Crippen LogP contribution in [0.1, 0.15) is 37.0 Å². The molecule has 4 aromatic rings. The molecule has 0 saturated heterocycles. The fraction of sp³-hybridized carbons (Fsp3) is 0.136. The zero-order valence-corrected chi connectivity index (χ0v) is 15.3. The Hall–Kier alpha value is -3.47. The van der Waals surface area contributed by atoms with Gasteiger partial charge in [-0.25, -0.2) is 15.0 Å². The highest BCUT2D eigenvalue weighted by atomic mass is 16.3. The van der Waals surface area contributed by atoms with Crippen LogP contribution in [0.15, 0.2) is 78.1 Å². The Morgan fingerprint density at radius 3 is 2.63 bits per heavy atom. The summed E-state index contributed by atoms with van der Waals surface area (Å²) < 4.78 is 7.66. The molecule has 134 valence electrons. The Morgan fingerprint density at radius 1 is 1.07 bits per heavy atom. The second-order valence-corrected chi connectivity index (χ2v) is 6.37. The van der Waals surface area contributed by atoms with Gasteiger partial charge in [-0.05, 0) is 43.7 Å². The number of allylic oxidation sites excluding steroid dienone is 1. The van der Waals surface area contributed by atoms with Gasteiger partial charge in [0.1, 0.15) is 12.1 Å². The van der Waals surface area contributed by atoms with Crippen LogP contribution in [0.5, 0.6) is 0 Å². The van der Waals surface area contributed by atoms with Crippen molar-refractivity contribution in [2.75, 3.05) is 0 Å². The van der Waals surface area contributed by atoms with Crippen LogP contribution in [0.4, 0.5) is 0 Å². The molecule has 5 nitrogen and oxygen atoms in total. The minimum absolute atomic E-state index is 0.0212. The van der Waals surface area contributed by atoms with E-state index in [2.05, 4.69) is 40.5 Å². The predicted molar refractivity (Wildman–Crippen MR) is 106 cm³/mol. The van der Waals surface area contributed by atoms with E-state index >= 15 is 0 Å². The fourth-order valence-corrected chi connectivity index (χ4v) is 3.20. The van der Waals surface area contributed by atoms with Crippen molar-refractivity contribution in [3.05, 3.63) is 90.8 Å². The normalized spacial score (nSPS) is 12.9. The summed E-state index contributed by atoms with van der Waals surface area (Å²) >= 11 is 0. The van der Waals surface area contributed by atoms with Gasteiger partial charge < -0.3 is 8.98 Å². The smallest absolute Gasteiger partial charge is 0.126 e. The molecule has 0 aliphatic rings. The number of rotatable bonds is 5. The molecule has 0 bridgehead atoms. The molecule has 0 saturated carbocycles. The Morgan fingerprint density at radius 2 is 1.93 bits per heavy atom. The highest BCUT2D eigenvalue weighted by Crippen LogP contribution is 2.32. The monoisotopic (exact) mass is 356 g/mol. The van der Waals surface area contributed by atoms with Crippen LogP contribution in [-0.2, 0) is 0 Å². The van der Waals surface area contributed by atoms with E-state index in [0.29, 0.717) is 0 Å². The summed E-state index contributed by atoms with van der Waals surface area (Å²) in [6, 6.07) is 16.0. The van der Waals surface area contributed by atoms with Gasteiger partial charge in [-0.2, -0.15) is 0 Å². The van der Waals surface area contributed by atoms with Crippen molar-refractivity contribution in [1.82, 2.24) is 19.5 Å². The van der Waals surface area contributed by atoms with E-state index in [9.17, 15) is 0 Å². The van der Waals surface area contributed by atoms with E-state index in [1.807, 2.05) is 48.8 Å². The van der Waals surface area contributed by atoms with Crippen molar-refractivity contribution in [3.8, 4) is 11.3 Å². The molecule has 0 fully saturated rings. The molecule has 0 amide bonds. The molecule has 0 aliphatic carbocycles. The number of hydrogen-bond donors (Lipinski definition) is 0. The second kappa shape index (κ2) is 7.41. The molecular formula is C22H20N4O. The van der Waals surface area contributed by atoms with Gasteiger partial charge in [-0.1, -0.05) is 30.3 Å². The first kappa shape index (κ1) is 17.0. The van der Waals surface area contributed by atoms with Crippen molar-refractivity contribution >= 4 is 11.6 Å². The minimum Gasteiger partial charge on any atom is -0.465 e. The van der Waals surface area contributed by atoms with E-state index in [0.717, 1.165) is 34.0 Å². The molecule has 3 aromatic heterocycles. The van der Waals surface area contributed by atoms with Crippen molar-refractivity contribution in [2.45, 2.75) is 19.9 Å². The van der Waals surface area contributed by atoms with E-state index in [1.54, 1.807) is 18.8 Å². The third-order valence-corrected chi connectivity index (χ3v) is 4.57. The second-order valence-electron chi connectivity index (χ2n) is 6.37. The maximum atomic E-state index is 5.51. The van der Waals surface area contributed by atoms with Crippen LogP contribution in [0.2, 0.25) is 0 Å². The third-order valence-electron chi connectivity index (χ3n) is 4.57. The van der Waals surface area contributed by atoms with Gasteiger partial charge in [0.2, 0.25) is 0 Å². The summed E-state index contributed by atoms with van der Waals surface area (Å²) in [7, 11) is 0. The molecule has 1 atom stereocenters. The Balaban J connectivity index is 1.86. The van der Waals surface area contributed by atoms with Crippen LogP contribution in [0, 0.1) is 0 Å². The number of furan rings is 1. The molecule has 0 N–H and O–H groups in total. The minimum atomic E-state index is 0.0212. The summed E-state index contributed by atoms with van der Waals surface area (Å²) in [6.45, 7) is 4.19. The molecular weight excluding hydrogens is 336 g/mol. The summed E-state index contributed by atoms with van der Waals surface area (Å²) in [5.74, 6) is 0.814. The van der Waals surface area contributed by atoms with Crippen molar-refractivity contribution < 1.29 is 4.42 Å². The van der Waals surface area contributed by atoms with Crippen molar-refractivity contribution in [1.29, 1.82) is 0 Å². The number of imidazole rings is 1. The van der Waals surface area contributed by atoms with Gasteiger partial charge in [0.05, 0.1) is 35.7 Å². The first-order valence-corrected chi connectivity index (χ1v) is 8.84. The topological polar surface area (TPSA) is 56.7 Å². The lowest BCUT2D eigenvalue weighted by Gasteiger charge is -2.17. The van der Waals surface area contributed by atoms with Crippen molar-refractivity contribution in [2.24, 2.45) is 0 Å². The zero-order chi connectivity index (χ0) is 18.6. The highest BCUT2D eigenvalue weighted by Gasteiger charge is 2.20. The SMILES string of the molecule is C/C(=C\c1ccco1)c1c(-c2ccccc2)ncn1C(C)c1ccncn1. The van der Waals surface area contributed by atoms with E-state index < -0.39 is 0 Å². The molecule has 1 unspecified atom stereocenters. The zero-order valence-electron chi connectivity index (χ0n) is 15.3. The summed E-state index contributed by atoms with van der Waals surface area (Å²) in [5, 5.41) is 0. The van der Waals surface area contributed by atoms with Gasteiger partial charge in [-0.3, -0.25) is 0 Å². The van der Waals surface area contributed by atoms with Gasteiger partial charge in [-0.15, -0.1) is 0 Å². The first-order valence-electron chi connectivity index (χ1n) is 8.84. The third kappa shape index (κ3) is 3.44. The molecule has 3 heterocycles. The summed E-state index contributed by atoms with van der Waals surface area (Å²) in [6.07, 6.45) is 8.93. The van der Waals surface area contributed by atoms with Gasteiger partial charge in [0.15, 0.2) is 0 Å². The molecule has 4 rings (SSSR count). The molecule has 0 aliphatic heterocycles. The highest BCUT2D eigenvalue weighted by molar-refractivity contribution is 5.84. The summed E-state index contributed by atoms with van der Waals surface area (Å²) in [5.41, 5.74) is 5.07. The quantitative estimate of drug-likeness (QED) is 0.499. The standard InChI is InChI=1S/C22H20N4O/c1-16(13-19-9-6-12-27-19)22-21(18-7-4-3-5-8-18)25-15-26(22)17(2)20-10-11-23-14-24-20/h3-15,17H,1-2H3/b16-13+. The molecule has 0 radical (unpaired) electrons. The van der Waals surface area contributed by atoms with Gasteiger partial charge in [0.25, 0.3) is 0 Å². The molecule has 5 heteroatoms. The number of benzene rings is 1. The maximum Gasteiger partial charge on any atom is 0.126 e. The lowest BCUT2D eigenvalue weighted by atomic mass is 10.0. The average molecular weight is 356 g/mol. The molecule has 1 aromatic carbocycles. The predicted octanol–water partition coefficient (Wildman–Crippen LogP) is 5.10. The molecule has 0 spiro atoms. The number of hydrogen-bond acceptors (Lipinski definition) is 4. The van der Waals surface area contributed by atoms with E-state index in [-0.39, 0.29) is 6.04 Å². The van der Waals surface area contributed by atoms with E-state index in [4.69, 9.17) is 9.40 Å². The fourth-order valence-electron chi connectivity index (χ4n) is 3.20.